The van der Waals surface area contributed by atoms with Crippen molar-refractivity contribution >= 4 is 17.7 Å². The zero-order valence-corrected chi connectivity index (χ0v) is 23.5. The van der Waals surface area contributed by atoms with Gasteiger partial charge in [0.15, 0.2) is 0 Å². The average molecular weight is 530 g/mol. The number of anilines is 1. The summed E-state index contributed by atoms with van der Waals surface area (Å²) >= 11 is 0. The Morgan fingerprint density at radius 2 is 1.51 bits per heavy atom. The number of ether oxygens (including phenoxy) is 1. The van der Waals surface area contributed by atoms with Gasteiger partial charge in [0.1, 0.15) is 5.60 Å². The van der Waals surface area contributed by atoms with Gasteiger partial charge in [-0.05, 0) is 70.4 Å². The highest BCUT2D eigenvalue weighted by Gasteiger charge is 2.34. The minimum Gasteiger partial charge on any atom is -0.444 e. The summed E-state index contributed by atoms with van der Waals surface area (Å²) in [6.45, 7) is 11.8. The van der Waals surface area contributed by atoms with Gasteiger partial charge in [-0.15, -0.1) is 0 Å². The summed E-state index contributed by atoms with van der Waals surface area (Å²) in [6.07, 6.45) is 2.96. The fourth-order valence-electron chi connectivity index (χ4n) is 5.52. The van der Waals surface area contributed by atoms with Crippen LogP contribution in [0.25, 0.3) is 5.69 Å². The van der Waals surface area contributed by atoms with Gasteiger partial charge >= 0.3 is 6.09 Å². The maximum Gasteiger partial charge on any atom is 0.410 e. The summed E-state index contributed by atoms with van der Waals surface area (Å²) in [5, 5.41) is 4.74. The molecule has 2 saturated heterocycles. The normalized spacial score (nSPS) is 16.9. The number of likely N-dealkylation sites (tertiary alicyclic amines) is 1. The van der Waals surface area contributed by atoms with E-state index in [1.807, 2.05) is 60.7 Å². The quantitative estimate of drug-likeness (QED) is 0.461. The molecule has 8 heteroatoms. The first-order valence-electron chi connectivity index (χ1n) is 13.9. The molecule has 2 fully saturated rings. The van der Waals surface area contributed by atoms with Crippen LogP contribution in [0.3, 0.4) is 0 Å². The monoisotopic (exact) mass is 529 g/mol. The molecular formula is C31H39N5O3. The van der Waals surface area contributed by atoms with Crippen molar-refractivity contribution < 1.29 is 14.3 Å². The summed E-state index contributed by atoms with van der Waals surface area (Å²) < 4.78 is 7.53. The predicted octanol–water partition coefficient (Wildman–Crippen LogP) is 5.26. The lowest BCUT2D eigenvalue weighted by atomic mass is 9.90. The molecular weight excluding hydrogens is 490 g/mol. The third kappa shape index (κ3) is 6.10. The maximum atomic E-state index is 13.9. The molecule has 0 aliphatic carbocycles. The van der Waals surface area contributed by atoms with E-state index in [0.717, 1.165) is 42.9 Å². The van der Waals surface area contributed by atoms with Gasteiger partial charge in [0.05, 0.1) is 23.1 Å². The molecule has 1 aromatic heterocycles. The van der Waals surface area contributed by atoms with Crippen LogP contribution in [-0.2, 0) is 4.74 Å². The lowest BCUT2D eigenvalue weighted by molar-refractivity contribution is 0.0203. The van der Waals surface area contributed by atoms with Crippen LogP contribution in [0, 0.1) is 6.92 Å². The smallest absolute Gasteiger partial charge is 0.410 e. The highest BCUT2D eigenvalue weighted by molar-refractivity contribution is 5.95. The van der Waals surface area contributed by atoms with Gasteiger partial charge in [0.2, 0.25) is 0 Å². The zero-order valence-electron chi connectivity index (χ0n) is 23.5. The molecule has 0 spiro atoms. The van der Waals surface area contributed by atoms with Crippen molar-refractivity contribution in [1.29, 1.82) is 0 Å². The van der Waals surface area contributed by atoms with Crippen LogP contribution < -0.4 is 4.90 Å². The van der Waals surface area contributed by atoms with Crippen LogP contribution in [0.5, 0.6) is 0 Å². The van der Waals surface area contributed by atoms with Crippen molar-refractivity contribution in [3.63, 3.8) is 0 Å². The van der Waals surface area contributed by atoms with Crippen LogP contribution in [0.4, 0.5) is 10.5 Å². The number of aromatic nitrogens is 2. The first kappa shape index (κ1) is 26.8. The molecule has 0 unspecified atom stereocenters. The van der Waals surface area contributed by atoms with Crippen molar-refractivity contribution in [3.05, 3.63) is 77.6 Å². The number of amides is 2. The first-order valence-corrected chi connectivity index (χ1v) is 13.9. The second-order valence-corrected chi connectivity index (χ2v) is 11.6. The number of nitrogens with zero attached hydrogens (tertiary/aromatic N) is 5. The molecule has 2 aromatic carbocycles. The van der Waals surface area contributed by atoms with E-state index in [1.54, 1.807) is 11.1 Å². The molecule has 206 valence electrons. The topological polar surface area (TPSA) is 70.9 Å². The van der Waals surface area contributed by atoms with Gasteiger partial charge in [-0.25, -0.2) is 9.48 Å². The van der Waals surface area contributed by atoms with Crippen molar-refractivity contribution in [2.75, 3.05) is 44.2 Å². The number of para-hydroxylation sites is 1. The Balaban J connectivity index is 1.36. The van der Waals surface area contributed by atoms with E-state index in [9.17, 15) is 9.59 Å². The Bertz CT molecular complexity index is 1300. The Kier molecular flexibility index (Phi) is 7.64. The Morgan fingerprint density at radius 1 is 0.846 bits per heavy atom. The third-order valence-corrected chi connectivity index (χ3v) is 7.50. The van der Waals surface area contributed by atoms with E-state index in [-0.39, 0.29) is 17.9 Å². The standard InChI is InChI=1S/C31H39N5O3/c1-23-9-8-12-26(21-23)36-28(24-13-15-35(16-14-24)30(38)39-31(2,3)4)27(22-32-36)29(37)34-19-17-33(18-20-34)25-10-6-5-7-11-25/h5-12,21-22,24H,13-20H2,1-4H3. The minimum atomic E-state index is -0.526. The Labute approximate surface area is 231 Å². The summed E-state index contributed by atoms with van der Waals surface area (Å²) in [5.74, 6) is 0.141. The largest absolute Gasteiger partial charge is 0.444 e. The lowest BCUT2D eigenvalue weighted by Gasteiger charge is -2.37. The molecule has 0 N–H and O–H groups in total. The van der Waals surface area contributed by atoms with E-state index in [1.165, 1.54) is 5.69 Å². The number of hydrogen-bond acceptors (Lipinski definition) is 5. The molecule has 3 aromatic rings. The average Bonchev–Trinajstić information content (AvgIpc) is 3.38. The SMILES string of the molecule is Cc1cccc(-n2ncc(C(=O)N3CCN(c4ccccc4)CC3)c2C2CCN(C(=O)OC(C)(C)C)CC2)c1. The van der Waals surface area contributed by atoms with E-state index in [2.05, 4.69) is 36.1 Å². The molecule has 0 radical (unpaired) electrons. The fraction of sp³-hybridized carbons (Fsp3) is 0.452. The minimum absolute atomic E-state index is 0.0335. The van der Waals surface area contributed by atoms with E-state index < -0.39 is 5.60 Å². The van der Waals surface area contributed by atoms with Crippen molar-refractivity contribution in [1.82, 2.24) is 19.6 Å². The number of rotatable bonds is 4. The molecule has 5 rings (SSSR count). The molecule has 0 saturated carbocycles. The molecule has 0 bridgehead atoms. The number of carbonyl (C=O) groups is 2. The van der Waals surface area contributed by atoms with E-state index >= 15 is 0 Å². The molecule has 0 atom stereocenters. The molecule has 8 nitrogen and oxygen atoms in total. The summed E-state index contributed by atoms with van der Waals surface area (Å²) in [6, 6.07) is 18.6. The van der Waals surface area contributed by atoms with Gasteiger partial charge in [0.25, 0.3) is 5.91 Å². The van der Waals surface area contributed by atoms with Crippen LogP contribution >= 0.6 is 0 Å². The number of hydrogen-bond donors (Lipinski definition) is 0. The number of carbonyl (C=O) groups excluding carboxylic acids is 2. The molecule has 3 heterocycles. The van der Waals surface area contributed by atoms with Gasteiger partial charge in [0, 0.05) is 50.9 Å². The number of aryl methyl sites for hydroxylation is 1. The first-order chi connectivity index (χ1) is 18.7. The molecule has 2 aliphatic rings. The van der Waals surface area contributed by atoms with Gasteiger partial charge in [-0.1, -0.05) is 30.3 Å². The van der Waals surface area contributed by atoms with Crippen molar-refractivity contribution in [2.45, 2.75) is 52.1 Å². The Morgan fingerprint density at radius 3 is 2.15 bits per heavy atom. The van der Waals surface area contributed by atoms with Gasteiger partial charge in [-0.2, -0.15) is 5.10 Å². The highest BCUT2D eigenvalue weighted by Crippen LogP contribution is 2.33. The summed E-state index contributed by atoms with van der Waals surface area (Å²) in [7, 11) is 0. The third-order valence-electron chi connectivity index (χ3n) is 7.50. The highest BCUT2D eigenvalue weighted by atomic mass is 16.6. The lowest BCUT2D eigenvalue weighted by Crippen LogP contribution is -2.49. The summed E-state index contributed by atoms with van der Waals surface area (Å²) in [5.41, 5.74) is 4.36. The molecule has 39 heavy (non-hydrogen) atoms. The number of benzene rings is 2. The Hall–Kier alpha value is -3.81. The molecule has 2 aliphatic heterocycles. The van der Waals surface area contributed by atoms with Gasteiger partial charge in [-0.3, -0.25) is 4.79 Å². The second-order valence-electron chi connectivity index (χ2n) is 11.6. The van der Waals surface area contributed by atoms with Gasteiger partial charge < -0.3 is 19.4 Å². The van der Waals surface area contributed by atoms with E-state index in [0.29, 0.717) is 31.7 Å². The maximum absolute atomic E-state index is 13.9. The second kappa shape index (κ2) is 11.1. The predicted molar refractivity (Wildman–Crippen MR) is 153 cm³/mol. The van der Waals surface area contributed by atoms with Crippen LogP contribution in [0.15, 0.2) is 60.8 Å². The number of piperazine rings is 1. The van der Waals surface area contributed by atoms with Crippen LogP contribution in [0.2, 0.25) is 0 Å². The van der Waals surface area contributed by atoms with E-state index in [4.69, 9.17) is 9.84 Å². The van der Waals surface area contributed by atoms with Crippen molar-refractivity contribution in [3.8, 4) is 5.69 Å². The van der Waals surface area contributed by atoms with Crippen molar-refractivity contribution in [2.24, 2.45) is 0 Å². The zero-order chi connectivity index (χ0) is 27.6. The van der Waals surface area contributed by atoms with Crippen LogP contribution in [-0.4, -0.2) is 76.5 Å². The number of piperidine rings is 1. The fourth-order valence-corrected chi connectivity index (χ4v) is 5.52. The van der Waals surface area contributed by atoms with Crippen LogP contribution in [0.1, 0.15) is 61.1 Å². The molecule has 2 amide bonds. The summed E-state index contributed by atoms with van der Waals surface area (Å²) in [4.78, 5) is 32.6.